The molecule has 1 aromatic heterocycles. The van der Waals surface area contributed by atoms with Gasteiger partial charge in [0.1, 0.15) is 5.69 Å². The van der Waals surface area contributed by atoms with Crippen LogP contribution in [0.5, 0.6) is 0 Å². The number of rotatable bonds is 3. The van der Waals surface area contributed by atoms with Gasteiger partial charge in [-0.25, -0.2) is 9.78 Å². The maximum absolute atomic E-state index is 12.5. The number of pyridine rings is 1. The zero-order chi connectivity index (χ0) is 15.5. The Morgan fingerprint density at radius 3 is 2.81 bits per heavy atom. The monoisotopic (exact) mass is 292 g/mol. The fourth-order valence-corrected chi connectivity index (χ4v) is 2.52. The number of amides is 1. The summed E-state index contributed by atoms with van der Waals surface area (Å²) in [6.07, 6.45) is 3.90. The molecular formula is C15H20N2O4. The van der Waals surface area contributed by atoms with Gasteiger partial charge in [0.2, 0.25) is 0 Å². The van der Waals surface area contributed by atoms with E-state index in [1.807, 2.05) is 0 Å². The highest BCUT2D eigenvalue weighted by atomic mass is 16.5. The third-order valence-corrected chi connectivity index (χ3v) is 4.05. The number of methoxy groups -OCH3 is 1. The van der Waals surface area contributed by atoms with Crippen LogP contribution in [0.3, 0.4) is 0 Å². The first-order chi connectivity index (χ1) is 9.95. The van der Waals surface area contributed by atoms with E-state index in [-0.39, 0.29) is 17.2 Å². The third-order valence-electron chi connectivity index (χ3n) is 4.05. The van der Waals surface area contributed by atoms with E-state index >= 15 is 0 Å². The second-order valence-electron chi connectivity index (χ2n) is 5.53. The first-order valence-electron chi connectivity index (χ1n) is 6.99. The number of likely N-dealkylation sites (tertiary alicyclic amines) is 1. The first kappa shape index (κ1) is 15.4. The Bertz CT molecular complexity index is 546. The molecule has 2 rings (SSSR count). The topological polar surface area (TPSA) is 79.7 Å². The lowest BCUT2D eigenvalue weighted by Crippen LogP contribution is -2.34. The minimum Gasteiger partial charge on any atom is -0.477 e. The van der Waals surface area contributed by atoms with Crippen LogP contribution in [0.25, 0.3) is 0 Å². The molecule has 2 heterocycles. The molecular weight excluding hydrogens is 272 g/mol. The summed E-state index contributed by atoms with van der Waals surface area (Å²) in [5, 5.41) is 8.94. The highest BCUT2D eigenvalue weighted by molar-refractivity contribution is 5.96. The number of nitrogens with zero attached hydrogens (tertiary/aromatic N) is 2. The van der Waals surface area contributed by atoms with Crippen molar-refractivity contribution in [1.82, 2.24) is 9.88 Å². The number of carboxylic acids is 1. The zero-order valence-electron chi connectivity index (χ0n) is 12.3. The Morgan fingerprint density at radius 1 is 1.38 bits per heavy atom. The highest BCUT2D eigenvalue weighted by Crippen LogP contribution is 2.25. The lowest BCUT2D eigenvalue weighted by molar-refractivity contribution is -0.00537. The molecule has 1 unspecified atom stereocenters. The minimum absolute atomic E-state index is 0.114. The van der Waals surface area contributed by atoms with Gasteiger partial charge in [0, 0.05) is 32.0 Å². The molecule has 0 aliphatic carbocycles. The molecule has 1 saturated heterocycles. The van der Waals surface area contributed by atoms with Crippen molar-refractivity contribution in [3.05, 3.63) is 29.6 Å². The van der Waals surface area contributed by atoms with Crippen molar-refractivity contribution in [3.63, 3.8) is 0 Å². The van der Waals surface area contributed by atoms with Crippen molar-refractivity contribution in [2.45, 2.75) is 31.8 Å². The van der Waals surface area contributed by atoms with E-state index in [0.29, 0.717) is 18.7 Å². The number of carbonyl (C=O) groups is 2. The van der Waals surface area contributed by atoms with Crippen LogP contribution in [-0.2, 0) is 4.74 Å². The van der Waals surface area contributed by atoms with Gasteiger partial charge in [-0.1, -0.05) is 0 Å². The zero-order valence-corrected chi connectivity index (χ0v) is 12.3. The predicted octanol–water partition coefficient (Wildman–Crippen LogP) is 1.81. The summed E-state index contributed by atoms with van der Waals surface area (Å²) in [6, 6.07) is 2.88. The van der Waals surface area contributed by atoms with E-state index in [4.69, 9.17) is 9.84 Å². The third kappa shape index (κ3) is 3.58. The van der Waals surface area contributed by atoms with Crippen molar-refractivity contribution in [1.29, 1.82) is 0 Å². The molecule has 21 heavy (non-hydrogen) atoms. The van der Waals surface area contributed by atoms with Crippen LogP contribution in [0.2, 0.25) is 0 Å². The number of hydrogen-bond donors (Lipinski definition) is 1. The van der Waals surface area contributed by atoms with Crippen LogP contribution < -0.4 is 0 Å². The summed E-state index contributed by atoms with van der Waals surface area (Å²) in [5.74, 6) is -1.28. The predicted molar refractivity (Wildman–Crippen MR) is 76.4 cm³/mol. The smallest absolute Gasteiger partial charge is 0.354 e. The van der Waals surface area contributed by atoms with Crippen molar-refractivity contribution in [2.24, 2.45) is 0 Å². The maximum Gasteiger partial charge on any atom is 0.354 e. The fraction of sp³-hybridized carbons (Fsp3) is 0.533. The minimum atomic E-state index is -1.13. The summed E-state index contributed by atoms with van der Waals surface area (Å²) in [4.78, 5) is 28.9. The van der Waals surface area contributed by atoms with Gasteiger partial charge in [-0.05, 0) is 38.3 Å². The molecule has 0 radical (unpaired) electrons. The summed E-state index contributed by atoms with van der Waals surface area (Å²) in [7, 11) is 1.69. The van der Waals surface area contributed by atoms with Gasteiger partial charge < -0.3 is 14.7 Å². The highest BCUT2D eigenvalue weighted by Gasteiger charge is 2.29. The lowest BCUT2D eigenvalue weighted by Gasteiger charge is -2.26. The summed E-state index contributed by atoms with van der Waals surface area (Å²) >= 11 is 0. The molecule has 0 saturated carbocycles. The molecule has 1 atom stereocenters. The Labute approximate surface area is 123 Å². The molecule has 6 heteroatoms. The SMILES string of the molecule is COC1(C)CCCN(C(=O)c2ccnc(C(=O)O)c2)CC1. The second kappa shape index (κ2) is 6.22. The molecule has 1 N–H and O–H groups in total. The number of ether oxygens (including phenoxy) is 1. The number of aromatic carboxylic acids is 1. The fourth-order valence-electron chi connectivity index (χ4n) is 2.52. The molecule has 1 aliphatic rings. The van der Waals surface area contributed by atoms with Crippen molar-refractivity contribution >= 4 is 11.9 Å². The van der Waals surface area contributed by atoms with Crippen molar-refractivity contribution in [3.8, 4) is 0 Å². The van der Waals surface area contributed by atoms with Gasteiger partial charge in [-0.15, -0.1) is 0 Å². The summed E-state index contributed by atoms with van der Waals surface area (Å²) in [5.41, 5.74) is 0.0558. The van der Waals surface area contributed by atoms with Gasteiger partial charge in [-0.3, -0.25) is 4.79 Å². The molecule has 1 aromatic rings. The number of aromatic nitrogens is 1. The first-order valence-corrected chi connectivity index (χ1v) is 6.99. The van der Waals surface area contributed by atoms with Crippen molar-refractivity contribution in [2.75, 3.05) is 20.2 Å². The Morgan fingerprint density at radius 2 is 2.14 bits per heavy atom. The van der Waals surface area contributed by atoms with E-state index in [2.05, 4.69) is 11.9 Å². The molecule has 1 amide bonds. The van der Waals surface area contributed by atoms with E-state index < -0.39 is 5.97 Å². The average molecular weight is 292 g/mol. The largest absolute Gasteiger partial charge is 0.477 e. The molecule has 114 valence electrons. The van der Waals surface area contributed by atoms with E-state index in [1.165, 1.54) is 12.3 Å². The average Bonchev–Trinajstić information content (AvgIpc) is 2.69. The van der Waals surface area contributed by atoms with Crippen LogP contribution in [-0.4, -0.2) is 52.7 Å². The number of hydrogen-bond acceptors (Lipinski definition) is 4. The molecule has 0 bridgehead atoms. The van der Waals surface area contributed by atoms with Crippen LogP contribution in [0, 0.1) is 0 Å². The van der Waals surface area contributed by atoms with E-state index in [1.54, 1.807) is 18.1 Å². The van der Waals surface area contributed by atoms with Crippen LogP contribution in [0.1, 0.15) is 47.0 Å². The summed E-state index contributed by atoms with van der Waals surface area (Å²) < 4.78 is 5.52. The normalized spacial score (nSPS) is 22.7. The number of carbonyl (C=O) groups excluding carboxylic acids is 1. The summed E-state index contributed by atoms with van der Waals surface area (Å²) in [6.45, 7) is 3.31. The van der Waals surface area contributed by atoms with Gasteiger partial charge in [0.15, 0.2) is 0 Å². The molecule has 1 fully saturated rings. The molecule has 0 spiro atoms. The van der Waals surface area contributed by atoms with E-state index in [0.717, 1.165) is 19.3 Å². The lowest BCUT2D eigenvalue weighted by atomic mass is 9.97. The molecule has 6 nitrogen and oxygen atoms in total. The Hall–Kier alpha value is -1.95. The second-order valence-corrected chi connectivity index (χ2v) is 5.53. The molecule has 0 aromatic carbocycles. The standard InChI is InChI=1S/C15H20N2O4/c1-15(21-2)5-3-8-17(9-6-15)13(18)11-4-7-16-12(10-11)14(19)20/h4,7,10H,3,5-6,8-9H2,1-2H3,(H,19,20). The number of carboxylic acid groups (broad SMARTS) is 1. The van der Waals surface area contributed by atoms with Gasteiger partial charge in [0.25, 0.3) is 5.91 Å². The van der Waals surface area contributed by atoms with Crippen LogP contribution >= 0.6 is 0 Å². The molecule has 1 aliphatic heterocycles. The van der Waals surface area contributed by atoms with Crippen LogP contribution in [0.15, 0.2) is 18.3 Å². The van der Waals surface area contributed by atoms with Gasteiger partial charge in [0.05, 0.1) is 5.60 Å². The van der Waals surface area contributed by atoms with Crippen LogP contribution in [0.4, 0.5) is 0 Å². The maximum atomic E-state index is 12.5. The quantitative estimate of drug-likeness (QED) is 0.919. The Kier molecular flexibility index (Phi) is 4.57. The van der Waals surface area contributed by atoms with Gasteiger partial charge >= 0.3 is 5.97 Å². The Balaban J connectivity index is 2.13. The van der Waals surface area contributed by atoms with Crippen molar-refractivity contribution < 1.29 is 19.4 Å². The van der Waals surface area contributed by atoms with Gasteiger partial charge in [-0.2, -0.15) is 0 Å². The van der Waals surface area contributed by atoms with E-state index in [9.17, 15) is 9.59 Å².